The maximum Gasteiger partial charge on any atom is 0.259 e. The Labute approximate surface area is 132 Å². The number of hydrogen-bond acceptors (Lipinski definition) is 3. The maximum absolute atomic E-state index is 12.2. The second-order valence-corrected chi connectivity index (χ2v) is 5.16. The van der Waals surface area contributed by atoms with Gasteiger partial charge >= 0.3 is 0 Å². The molecular formula is C16H15ClN2O3. The summed E-state index contributed by atoms with van der Waals surface area (Å²) in [6.45, 7) is 1.82. The van der Waals surface area contributed by atoms with Crippen LogP contribution in [0.25, 0.3) is 0 Å². The van der Waals surface area contributed by atoms with Crippen LogP contribution in [0.1, 0.15) is 26.3 Å². The number of carbonyl (C=O) groups excluding carboxylic acids is 2. The Morgan fingerprint density at radius 3 is 2.45 bits per heavy atom. The number of anilines is 1. The molecule has 0 heterocycles. The lowest BCUT2D eigenvalue weighted by Gasteiger charge is -2.10. The zero-order chi connectivity index (χ0) is 16.3. The van der Waals surface area contributed by atoms with Gasteiger partial charge in [0.05, 0.1) is 16.3 Å². The van der Waals surface area contributed by atoms with E-state index in [9.17, 15) is 14.7 Å². The zero-order valence-corrected chi connectivity index (χ0v) is 12.9. The number of rotatable bonds is 3. The van der Waals surface area contributed by atoms with Gasteiger partial charge in [-0.2, -0.15) is 0 Å². The third-order valence-electron chi connectivity index (χ3n) is 3.10. The van der Waals surface area contributed by atoms with Crippen LogP contribution in [-0.4, -0.2) is 24.0 Å². The molecule has 114 valence electrons. The third kappa shape index (κ3) is 3.38. The topological polar surface area (TPSA) is 78.4 Å². The molecule has 0 saturated carbocycles. The predicted molar refractivity (Wildman–Crippen MR) is 85.6 cm³/mol. The molecule has 2 aromatic carbocycles. The first kappa shape index (κ1) is 15.9. The van der Waals surface area contributed by atoms with E-state index < -0.39 is 5.91 Å². The Kier molecular flexibility index (Phi) is 4.68. The second kappa shape index (κ2) is 6.49. The van der Waals surface area contributed by atoms with E-state index in [0.29, 0.717) is 11.3 Å². The van der Waals surface area contributed by atoms with Crippen LogP contribution >= 0.6 is 11.6 Å². The van der Waals surface area contributed by atoms with E-state index in [1.807, 2.05) is 6.92 Å². The quantitative estimate of drug-likeness (QED) is 0.814. The second-order valence-electron chi connectivity index (χ2n) is 4.75. The minimum Gasteiger partial charge on any atom is -0.507 e. The number of nitrogens with one attached hydrogen (secondary N) is 2. The molecule has 6 heteroatoms. The first-order valence-corrected chi connectivity index (χ1v) is 6.92. The molecule has 5 nitrogen and oxygen atoms in total. The number of aryl methyl sites for hydroxylation is 1. The molecule has 0 saturated heterocycles. The number of aromatic hydroxyl groups is 1. The van der Waals surface area contributed by atoms with E-state index >= 15 is 0 Å². The first-order chi connectivity index (χ1) is 10.4. The van der Waals surface area contributed by atoms with Gasteiger partial charge in [-0.25, -0.2) is 0 Å². The summed E-state index contributed by atoms with van der Waals surface area (Å²) >= 11 is 6.08. The largest absolute Gasteiger partial charge is 0.507 e. The van der Waals surface area contributed by atoms with Crippen molar-refractivity contribution >= 4 is 29.1 Å². The third-order valence-corrected chi connectivity index (χ3v) is 3.42. The molecule has 0 aliphatic carbocycles. The summed E-state index contributed by atoms with van der Waals surface area (Å²) in [5.74, 6) is -0.854. The number of carbonyl (C=O) groups is 2. The van der Waals surface area contributed by atoms with Crippen molar-refractivity contribution in [2.24, 2.45) is 0 Å². The summed E-state index contributed by atoms with van der Waals surface area (Å²) in [7, 11) is 1.52. The Hall–Kier alpha value is -2.53. The fourth-order valence-electron chi connectivity index (χ4n) is 1.92. The molecule has 0 aliphatic rings. The molecule has 22 heavy (non-hydrogen) atoms. The van der Waals surface area contributed by atoms with E-state index in [1.54, 1.807) is 18.2 Å². The Morgan fingerprint density at radius 1 is 1.09 bits per heavy atom. The summed E-state index contributed by atoms with van der Waals surface area (Å²) in [6, 6.07) is 9.30. The first-order valence-electron chi connectivity index (χ1n) is 6.55. The van der Waals surface area contributed by atoms with Crippen molar-refractivity contribution in [3.8, 4) is 5.75 Å². The Morgan fingerprint density at radius 2 is 1.82 bits per heavy atom. The molecule has 2 aromatic rings. The molecule has 2 rings (SSSR count). The summed E-state index contributed by atoms with van der Waals surface area (Å²) in [5.41, 5.74) is 1.76. The summed E-state index contributed by atoms with van der Waals surface area (Å²) < 4.78 is 0. The van der Waals surface area contributed by atoms with Gasteiger partial charge in [0, 0.05) is 12.6 Å². The highest BCUT2D eigenvalue weighted by molar-refractivity contribution is 6.34. The smallest absolute Gasteiger partial charge is 0.259 e. The molecule has 2 amide bonds. The van der Waals surface area contributed by atoms with Gasteiger partial charge in [0.25, 0.3) is 11.8 Å². The number of amides is 2. The normalized spacial score (nSPS) is 10.1. The SMILES string of the molecule is CNC(=O)c1ccc(NC(=O)c2cc(C)ccc2O)c(Cl)c1. The maximum atomic E-state index is 12.2. The van der Waals surface area contributed by atoms with E-state index in [0.717, 1.165) is 5.56 Å². The summed E-state index contributed by atoms with van der Waals surface area (Å²) in [6.07, 6.45) is 0. The van der Waals surface area contributed by atoms with E-state index in [4.69, 9.17) is 11.6 Å². The number of halogens is 1. The van der Waals surface area contributed by atoms with Gasteiger partial charge in [-0.05, 0) is 37.3 Å². The molecule has 0 aliphatic heterocycles. The average Bonchev–Trinajstić information content (AvgIpc) is 2.50. The Balaban J connectivity index is 2.25. The highest BCUT2D eigenvalue weighted by Gasteiger charge is 2.14. The molecule has 0 atom stereocenters. The van der Waals surface area contributed by atoms with Crippen molar-refractivity contribution in [3.63, 3.8) is 0 Å². The highest BCUT2D eigenvalue weighted by Crippen LogP contribution is 2.25. The monoisotopic (exact) mass is 318 g/mol. The van der Waals surface area contributed by atoms with Crippen LogP contribution < -0.4 is 10.6 Å². The minimum atomic E-state index is -0.476. The van der Waals surface area contributed by atoms with Crippen LogP contribution in [0.5, 0.6) is 5.75 Å². The van der Waals surface area contributed by atoms with E-state index in [1.165, 1.54) is 25.2 Å². The van der Waals surface area contributed by atoms with Gasteiger partial charge < -0.3 is 15.7 Å². The van der Waals surface area contributed by atoms with E-state index in [2.05, 4.69) is 10.6 Å². The van der Waals surface area contributed by atoms with Crippen LogP contribution in [0.15, 0.2) is 36.4 Å². The summed E-state index contributed by atoms with van der Waals surface area (Å²) in [5, 5.41) is 15.1. The van der Waals surface area contributed by atoms with Crippen molar-refractivity contribution in [1.29, 1.82) is 0 Å². The number of phenols is 1. The minimum absolute atomic E-state index is 0.110. The van der Waals surface area contributed by atoms with Gasteiger partial charge in [-0.3, -0.25) is 9.59 Å². The van der Waals surface area contributed by atoms with Gasteiger partial charge in [-0.1, -0.05) is 23.2 Å². The zero-order valence-electron chi connectivity index (χ0n) is 12.1. The number of benzene rings is 2. The molecule has 3 N–H and O–H groups in total. The lowest BCUT2D eigenvalue weighted by Crippen LogP contribution is -2.18. The van der Waals surface area contributed by atoms with Crippen molar-refractivity contribution in [3.05, 3.63) is 58.1 Å². The lowest BCUT2D eigenvalue weighted by molar-refractivity contribution is 0.0962. The fourth-order valence-corrected chi connectivity index (χ4v) is 2.15. The van der Waals surface area contributed by atoms with Crippen LogP contribution in [0.3, 0.4) is 0 Å². The molecule has 0 bridgehead atoms. The van der Waals surface area contributed by atoms with Crippen molar-refractivity contribution in [2.45, 2.75) is 6.92 Å². The standard InChI is InChI=1S/C16H15ClN2O3/c1-9-3-6-14(20)11(7-9)16(22)19-13-5-4-10(8-12(13)17)15(21)18-2/h3-8,20H,1-2H3,(H,18,21)(H,19,22). The highest BCUT2D eigenvalue weighted by atomic mass is 35.5. The fraction of sp³-hybridized carbons (Fsp3) is 0.125. The van der Waals surface area contributed by atoms with Gasteiger partial charge in [0.15, 0.2) is 0 Å². The van der Waals surface area contributed by atoms with Crippen molar-refractivity contribution in [1.82, 2.24) is 5.32 Å². The molecule has 0 spiro atoms. The van der Waals surface area contributed by atoms with Crippen LogP contribution in [0.2, 0.25) is 5.02 Å². The number of phenolic OH excluding ortho intramolecular Hbond substituents is 1. The lowest BCUT2D eigenvalue weighted by atomic mass is 10.1. The van der Waals surface area contributed by atoms with Crippen molar-refractivity contribution < 1.29 is 14.7 Å². The molecule has 0 radical (unpaired) electrons. The van der Waals surface area contributed by atoms with E-state index in [-0.39, 0.29) is 22.2 Å². The summed E-state index contributed by atoms with van der Waals surface area (Å²) in [4.78, 5) is 23.7. The predicted octanol–water partition coefficient (Wildman–Crippen LogP) is 2.97. The molecule has 0 fully saturated rings. The number of hydrogen-bond donors (Lipinski definition) is 3. The van der Waals surface area contributed by atoms with Crippen molar-refractivity contribution in [2.75, 3.05) is 12.4 Å². The molecular weight excluding hydrogens is 304 g/mol. The molecule has 0 unspecified atom stereocenters. The van der Waals surface area contributed by atoms with Crippen LogP contribution in [0, 0.1) is 6.92 Å². The van der Waals surface area contributed by atoms with Gasteiger partial charge in [-0.15, -0.1) is 0 Å². The Bertz CT molecular complexity index is 744. The average molecular weight is 319 g/mol. The molecule has 0 aromatic heterocycles. The van der Waals surface area contributed by atoms with Crippen LogP contribution in [0.4, 0.5) is 5.69 Å². The van der Waals surface area contributed by atoms with Crippen LogP contribution in [-0.2, 0) is 0 Å². The van der Waals surface area contributed by atoms with Gasteiger partial charge in [0.2, 0.25) is 0 Å². The van der Waals surface area contributed by atoms with Gasteiger partial charge in [0.1, 0.15) is 5.75 Å².